The minimum Gasteiger partial charge on any atom is -0.229 e. The summed E-state index contributed by atoms with van der Waals surface area (Å²) in [6.07, 6.45) is 1.05. The Bertz CT molecular complexity index is 573. The zero-order chi connectivity index (χ0) is 13.3. The molecule has 0 radical (unpaired) electrons. The Hall–Kier alpha value is -0.880. The van der Waals surface area contributed by atoms with Gasteiger partial charge in [0.2, 0.25) is 0 Å². The first-order chi connectivity index (χ1) is 7.67. The summed E-state index contributed by atoms with van der Waals surface area (Å²) in [5, 5.41) is -1.88. The van der Waals surface area contributed by atoms with E-state index in [4.69, 9.17) is 0 Å². The monoisotopic (exact) mass is 276 g/mol. The van der Waals surface area contributed by atoms with Crippen molar-refractivity contribution < 1.29 is 16.8 Å². The van der Waals surface area contributed by atoms with Crippen molar-refractivity contribution in [3.8, 4) is 0 Å². The van der Waals surface area contributed by atoms with E-state index in [1.54, 1.807) is 18.2 Å². The molecule has 1 aromatic carbocycles. The summed E-state index contributed by atoms with van der Waals surface area (Å²) in [5.41, 5.74) is 0. The van der Waals surface area contributed by atoms with E-state index in [-0.39, 0.29) is 4.90 Å². The summed E-state index contributed by atoms with van der Waals surface area (Å²) < 4.78 is 47.1. The summed E-state index contributed by atoms with van der Waals surface area (Å²) >= 11 is 0. The van der Waals surface area contributed by atoms with Crippen LogP contribution in [0.3, 0.4) is 0 Å². The van der Waals surface area contributed by atoms with E-state index in [2.05, 4.69) is 0 Å². The molecule has 96 valence electrons. The maximum Gasteiger partial charge on any atom is 0.182 e. The summed E-state index contributed by atoms with van der Waals surface area (Å²) in [7, 11) is -6.97. The summed E-state index contributed by atoms with van der Waals surface area (Å²) in [5.74, 6) is 0. The predicted octanol–water partition coefficient (Wildman–Crippen LogP) is 1.28. The van der Waals surface area contributed by atoms with Gasteiger partial charge in [-0.25, -0.2) is 16.8 Å². The van der Waals surface area contributed by atoms with Crippen molar-refractivity contribution in [1.82, 2.24) is 0 Å². The van der Waals surface area contributed by atoms with Gasteiger partial charge in [-0.1, -0.05) is 18.2 Å². The quantitative estimate of drug-likeness (QED) is 0.831. The molecule has 0 fully saturated rings. The van der Waals surface area contributed by atoms with Crippen molar-refractivity contribution in [3.05, 3.63) is 30.3 Å². The van der Waals surface area contributed by atoms with E-state index in [9.17, 15) is 16.8 Å². The van der Waals surface area contributed by atoms with Crippen LogP contribution in [-0.4, -0.2) is 33.6 Å². The maximum absolute atomic E-state index is 12.2. The van der Waals surface area contributed by atoms with Gasteiger partial charge in [-0.2, -0.15) is 0 Å². The molecule has 6 heteroatoms. The minimum atomic E-state index is -3.60. The zero-order valence-electron chi connectivity index (χ0n) is 9.99. The standard InChI is InChI=1S/C11H16O4S2/c1-9(16(3,12)13)10(2)17(14,15)11-7-5-4-6-8-11/h4-10H,1-3H3/t9-,10-/m1/s1. The fourth-order valence-electron chi connectivity index (χ4n) is 1.43. The van der Waals surface area contributed by atoms with Gasteiger partial charge < -0.3 is 0 Å². The SMILES string of the molecule is C[C@H]([C@@H](C)S(=O)(=O)c1ccccc1)S(C)(=O)=O. The molecule has 0 heterocycles. The van der Waals surface area contributed by atoms with Crippen LogP contribution in [0.5, 0.6) is 0 Å². The van der Waals surface area contributed by atoms with Gasteiger partial charge in [-0.15, -0.1) is 0 Å². The van der Waals surface area contributed by atoms with Crippen molar-refractivity contribution in [2.45, 2.75) is 29.2 Å². The number of rotatable bonds is 4. The smallest absolute Gasteiger partial charge is 0.182 e. The molecule has 2 atom stereocenters. The Morgan fingerprint density at radius 1 is 0.882 bits per heavy atom. The molecule has 4 nitrogen and oxygen atoms in total. The molecular weight excluding hydrogens is 260 g/mol. The van der Waals surface area contributed by atoms with E-state index >= 15 is 0 Å². The number of hydrogen-bond acceptors (Lipinski definition) is 4. The van der Waals surface area contributed by atoms with E-state index in [1.807, 2.05) is 0 Å². The van der Waals surface area contributed by atoms with Crippen LogP contribution in [0.2, 0.25) is 0 Å². The summed E-state index contributed by atoms with van der Waals surface area (Å²) in [4.78, 5) is 0.156. The van der Waals surface area contributed by atoms with Crippen molar-refractivity contribution in [1.29, 1.82) is 0 Å². The van der Waals surface area contributed by atoms with Crippen LogP contribution in [0.4, 0.5) is 0 Å². The molecule has 0 saturated carbocycles. The van der Waals surface area contributed by atoms with Crippen molar-refractivity contribution in [2.75, 3.05) is 6.26 Å². The van der Waals surface area contributed by atoms with E-state index in [0.717, 1.165) is 6.26 Å². The molecule has 0 spiro atoms. The second kappa shape index (κ2) is 4.78. The number of benzene rings is 1. The molecule has 17 heavy (non-hydrogen) atoms. The Morgan fingerprint density at radius 3 is 1.76 bits per heavy atom. The summed E-state index contributed by atoms with van der Waals surface area (Å²) in [6.45, 7) is 2.84. The summed E-state index contributed by atoms with van der Waals surface area (Å²) in [6, 6.07) is 7.89. The van der Waals surface area contributed by atoms with Crippen LogP contribution in [-0.2, 0) is 19.7 Å². The molecule has 0 aliphatic carbocycles. The number of sulfone groups is 2. The third-order valence-corrected chi connectivity index (χ3v) is 7.15. The van der Waals surface area contributed by atoms with Crippen LogP contribution in [0.25, 0.3) is 0 Å². The molecule has 0 aliphatic heterocycles. The molecule has 0 unspecified atom stereocenters. The third-order valence-electron chi connectivity index (χ3n) is 2.90. The van der Waals surface area contributed by atoms with Crippen LogP contribution < -0.4 is 0 Å². The molecule has 0 saturated heterocycles. The molecule has 1 rings (SSSR count). The second-order valence-corrected chi connectivity index (χ2v) is 8.81. The molecule has 1 aromatic rings. The minimum absolute atomic E-state index is 0.156. The van der Waals surface area contributed by atoms with Crippen LogP contribution in [0, 0.1) is 0 Å². The third kappa shape index (κ3) is 3.07. The van der Waals surface area contributed by atoms with Crippen LogP contribution in [0.15, 0.2) is 35.2 Å². The molecule has 0 bridgehead atoms. The molecular formula is C11H16O4S2. The lowest BCUT2D eigenvalue weighted by molar-refractivity contribution is 0.565. The Balaban J connectivity index is 3.18. The van der Waals surface area contributed by atoms with Gasteiger partial charge in [0, 0.05) is 6.26 Å². The van der Waals surface area contributed by atoms with Gasteiger partial charge in [0.15, 0.2) is 19.7 Å². The molecule has 0 N–H and O–H groups in total. The largest absolute Gasteiger partial charge is 0.229 e. The van der Waals surface area contributed by atoms with Crippen LogP contribution >= 0.6 is 0 Å². The first-order valence-corrected chi connectivity index (χ1v) is 8.65. The highest BCUT2D eigenvalue weighted by atomic mass is 32.2. The zero-order valence-corrected chi connectivity index (χ0v) is 11.6. The van der Waals surface area contributed by atoms with Gasteiger partial charge in [-0.05, 0) is 26.0 Å². The first-order valence-electron chi connectivity index (χ1n) is 5.15. The van der Waals surface area contributed by atoms with Gasteiger partial charge in [-0.3, -0.25) is 0 Å². The second-order valence-electron chi connectivity index (χ2n) is 4.10. The number of hydrogen-bond donors (Lipinski definition) is 0. The fraction of sp³-hybridized carbons (Fsp3) is 0.455. The highest BCUT2D eigenvalue weighted by molar-refractivity contribution is 7.95. The predicted molar refractivity (Wildman–Crippen MR) is 67.4 cm³/mol. The Kier molecular flexibility index (Phi) is 3.99. The van der Waals surface area contributed by atoms with Crippen LogP contribution in [0.1, 0.15) is 13.8 Å². The molecule has 0 aromatic heterocycles. The maximum atomic E-state index is 12.2. The fourth-order valence-corrected chi connectivity index (χ4v) is 4.64. The Morgan fingerprint density at radius 2 is 1.35 bits per heavy atom. The topological polar surface area (TPSA) is 68.3 Å². The lowest BCUT2D eigenvalue weighted by atomic mass is 10.4. The van der Waals surface area contributed by atoms with Gasteiger partial charge in [0.1, 0.15) is 0 Å². The normalized spacial score (nSPS) is 16.4. The van der Waals surface area contributed by atoms with Gasteiger partial charge >= 0.3 is 0 Å². The first kappa shape index (κ1) is 14.2. The lowest BCUT2D eigenvalue weighted by Gasteiger charge is -2.18. The highest BCUT2D eigenvalue weighted by Gasteiger charge is 2.33. The van der Waals surface area contributed by atoms with E-state index < -0.39 is 30.2 Å². The average Bonchev–Trinajstić information content (AvgIpc) is 2.27. The molecule has 0 aliphatic rings. The van der Waals surface area contributed by atoms with E-state index in [0.29, 0.717) is 0 Å². The highest BCUT2D eigenvalue weighted by Crippen LogP contribution is 2.20. The average molecular weight is 276 g/mol. The van der Waals surface area contributed by atoms with Crippen molar-refractivity contribution in [3.63, 3.8) is 0 Å². The van der Waals surface area contributed by atoms with Crippen molar-refractivity contribution in [2.24, 2.45) is 0 Å². The van der Waals surface area contributed by atoms with Gasteiger partial charge in [0.25, 0.3) is 0 Å². The lowest BCUT2D eigenvalue weighted by Crippen LogP contribution is -2.34. The van der Waals surface area contributed by atoms with Gasteiger partial charge in [0.05, 0.1) is 15.4 Å². The van der Waals surface area contributed by atoms with E-state index in [1.165, 1.54) is 26.0 Å². The molecule has 0 amide bonds. The Labute approximate surface area is 103 Å². The van der Waals surface area contributed by atoms with Crippen molar-refractivity contribution >= 4 is 19.7 Å².